The Morgan fingerprint density at radius 3 is 2.63 bits per heavy atom. The van der Waals surface area contributed by atoms with Crippen LogP contribution < -0.4 is 0 Å². The van der Waals surface area contributed by atoms with Crippen LogP contribution in [0.1, 0.15) is 66.2 Å². The number of hydrogen-bond acceptors (Lipinski definition) is 3. The largest absolute Gasteiger partial charge is 0.465 e. The second-order valence-electron chi connectivity index (χ2n) is 6.78. The van der Waals surface area contributed by atoms with Gasteiger partial charge in [-0.15, -0.1) is 0 Å². The fourth-order valence-corrected chi connectivity index (χ4v) is 3.00. The summed E-state index contributed by atoms with van der Waals surface area (Å²) in [6.07, 6.45) is 5.84. The van der Waals surface area contributed by atoms with Crippen molar-refractivity contribution in [2.24, 2.45) is 17.3 Å². The van der Waals surface area contributed by atoms with Gasteiger partial charge in [-0.25, -0.2) is 0 Å². The van der Waals surface area contributed by atoms with Gasteiger partial charge in [0, 0.05) is 6.42 Å². The van der Waals surface area contributed by atoms with Gasteiger partial charge in [-0.2, -0.15) is 0 Å². The number of ether oxygens (including phenoxy) is 1. The number of esters is 1. The van der Waals surface area contributed by atoms with Crippen LogP contribution in [-0.4, -0.2) is 18.4 Å². The number of rotatable bonds is 6. The van der Waals surface area contributed by atoms with Gasteiger partial charge in [0.15, 0.2) is 0 Å². The van der Waals surface area contributed by atoms with Gasteiger partial charge in [-0.05, 0) is 43.9 Å². The summed E-state index contributed by atoms with van der Waals surface area (Å²) in [5.74, 6) is 0.491. The Balaban J connectivity index is 2.33. The van der Waals surface area contributed by atoms with Crippen LogP contribution >= 0.6 is 0 Å². The van der Waals surface area contributed by atoms with Gasteiger partial charge in [-0.3, -0.25) is 4.79 Å². The van der Waals surface area contributed by atoms with Crippen LogP contribution in [0.3, 0.4) is 0 Å². The lowest BCUT2D eigenvalue weighted by atomic mass is 9.68. The lowest BCUT2D eigenvalue weighted by Gasteiger charge is -2.37. The predicted octanol–water partition coefficient (Wildman–Crippen LogP) is 3.75. The Labute approximate surface area is 117 Å². The highest BCUT2D eigenvalue weighted by atomic mass is 16.5. The lowest BCUT2D eigenvalue weighted by Crippen LogP contribution is -2.31. The topological polar surface area (TPSA) is 43.4 Å². The Hall–Kier alpha value is -0.860. The fraction of sp³-hybridized carbons (Fsp3) is 0.875. The molecule has 0 amide bonds. The first-order chi connectivity index (χ1) is 8.82. The maximum Gasteiger partial charge on any atom is 0.308 e. The zero-order valence-corrected chi connectivity index (χ0v) is 12.8. The number of carbonyl (C=O) groups is 2. The zero-order chi connectivity index (χ0) is 14.5. The summed E-state index contributed by atoms with van der Waals surface area (Å²) in [5, 5.41) is 0. The van der Waals surface area contributed by atoms with Crippen molar-refractivity contribution in [2.75, 3.05) is 6.61 Å². The van der Waals surface area contributed by atoms with Crippen LogP contribution in [-0.2, 0) is 14.3 Å². The van der Waals surface area contributed by atoms with Gasteiger partial charge in [0.2, 0.25) is 0 Å². The third-order valence-corrected chi connectivity index (χ3v) is 4.24. The summed E-state index contributed by atoms with van der Waals surface area (Å²) >= 11 is 0. The summed E-state index contributed by atoms with van der Waals surface area (Å²) in [5.41, 5.74) is 0.353. The van der Waals surface area contributed by atoms with Crippen LogP contribution in [0.25, 0.3) is 0 Å². The van der Waals surface area contributed by atoms with E-state index in [2.05, 4.69) is 13.8 Å². The molecular formula is C16H28O3. The Kier molecular flexibility index (Phi) is 6.02. The van der Waals surface area contributed by atoms with E-state index >= 15 is 0 Å². The molecule has 0 aliphatic heterocycles. The minimum Gasteiger partial charge on any atom is -0.465 e. The van der Waals surface area contributed by atoms with Crippen molar-refractivity contribution in [3.05, 3.63) is 0 Å². The van der Waals surface area contributed by atoms with Crippen LogP contribution in [0.5, 0.6) is 0 Å². The van der Waals surface area contributed by atoms with Crippen molar-refractivity contribution < 1.29 is 14.3 Å². The van der Waals surface area contributed by atoms with Crippen LogP contribution in [0.2, 0.25) is 0 Å². The second kappa shape index (κ2) is 7.06. The van der Waals surface area contributed by atoms with Gasteiger partial charge in [-0.1, -0.05) is 27.2 Å². The summed E-state index contributed by atoms with van der Waals surface area (Å²) in [7, 11) is 0. The van der Waals surface area contributed by atoms with E-state index in [0.29, 0.717) is 30.8 Å². The summed E-state index contributed by atoms with van der Waals surface area (Å²) < 4.78 is 5.28. The molecule has 1 aliphatic rings. The van der Waals surface area contributed by atoms with E-state index in [1.54, 1.807) is 6.92 Å². The van der Waals surface area contributed by atoms with Crippen LogP contribution in [0.15, 0.2) is 0 Å². The van der Waals surface area contributed by atoms with Crippen molar-refractivity contribution in [1.82, 2.24) is 0 Å². The molecule has 2 unspecified atom stereocenters. The van der Waals surface area contributed by atoms with Gasteiger partial charge in [0.25, 0.3) is 0 Å². The molecule has 0 radical (unpaired) electrons. The van der Waals surface area contributed by atoms with E-state index in [1.165, 1.54) is 12.8 Å². The fourth-order valence-electron chi connectivity index (χ4n) is 3.00. The molecule has 0 spiro atoms. The summed E-state index contributed by atoms with van der Waals surface area (Å²) in [6.45, 7) is 8.49. The molecule has 0 aromatic rings. The minimum absolute atomic E-state index is 0.0168. The molecule has 2 atom stereocenters. The van der Waals surface area contributed by atoms with E-state index in [0.717, 1.165) is 12.8 Å². The molecule has 0 aromatic carbocycles. The molecule has 3 nitrogen and oxygen atoms in total. The van der Waals surface area contributed by atoms with Gasteiger partial charge >= 0.3 is 5.97 Å². The molecule has 1 rings (SSSR count). The van der Waals surface area contributed by atoms with Crippen molar-refractivity contribution >= 4 is 11.8 Å². The second-order valence-corrected chi connectivity index (χ2v) is 6.78. The molecule has 0 bridgehead atoms. The number of hydrogen-bond donors (Lipinski definition) is 0. The van der Waals surface area contributed by atoms with Crippen molar-refractivity contribution in [3.8, 4) is 0 Å². The lowest BCUT2D eigenvalue weighted by molar-refractivity contribution is -0.151. The van der Waals surface area contributed by atoms with Crippen molar-refractivity contribution in [2.45, 2.75) is 66.2 Å². The summed E-state index contributed by atoms with van der Waals surface area (Å²) in [4.78, 5) is 22.8. The molecule has 0 N–H and O–H groups in total. The highest BCUT2D eigenvalue weighted by Crippen LogP contribution is 2.41. The average Bonchev–Trinajstić information content (AvgIpc) is 2.32. The molecule has 110 valence electrons. The molecule has 0 saturated heterocycles. The smallest absolute Gasteiger partial charge is 0.308 e. The third-order valence-electron chi connectivity index (χ3n) is 4.24. The quantitative estimate of drug-likeness (QED) is 0.544. The normalized spacial score (nSPS) is 23.7. The van der Waals surface area contributed by atoms with Gasteiger partial charge < -0.3 is 9.53 Å². The van der Waals surface area contributed by atoms with Gasteiger partial charge in [0.1, 0.15) is 5.78 Å². The highest BCUT2D eigenvalue weighted by molar-refractivity contribution is 5.75. The number of carbonyl (C=O) groups excluding carboxylic acids is 2. The zero-order valence-electron chi connectivity index (χ0n) is 12.8. The van der Waals surface area contributed by atoms with Gasteiger partial charge in [0.05, 0.1) is 12.5 Å². The minimum atomic E-state index is -0.0914. The van der Waals surface area contributed by atoms with E-state index in [9.17, 15) is 9.59 Å². The van der Waals surface area contributed by atoms with Crippen molar-refractivity contribution in [1.29, 1.82) is 0 Å². The molecule has 0 aromatic heterocycles. The maximum atomic E-state index is 12.0. The predicted molar refractivity (Wildman–Crippen MR) is 75.8 cm³/mol. The number of Topliss-reactive ketones (excluding diaryl/α,β-unsaturated/α-hetero) is 1. The Bertz CT molecular complexity index is 320. The molecule has 1 saturated carbocycles. The highest BCUT2D eigenvalue weighted by Gasteiger charge is 2.34. The Morgan fingerprint density at radius 1 is 1.37 bits per heavy atom. The monoisotopic (exact) mass is 268 g/mol. The number of ketones is 1. The van der Waals surface area contributed by atoms with Crippen LogP contribution in [0, 0.1) is 17.3 Å². The third kappa shape index (κ3) is 5.75. The molecule has 0 heterocycles. The average molecular weight is 268 g/mol. The SMILES string of the molecule is CC(=O)CCCOC(=O)C(C)C1CCCC(C)(C)C1. The first-order valence-electron chi connectivity index (χ1n) is 7.48. The molecule has 3 heteroatoms. The van der Waals surface area contributed by atoms with Crippen LogP contribution in [0.4, 0.5) is 0 Å². The van der Waals surface area contributed by atoms with Crippen molar-refractivity contribution in [3.63, 3.8) is 0 Å². The van der Waals surface area contributed by atoms with E-state index in [-0.39, 0.29) is 17.7 Å². The first kappa shape index (κ1) is 16.2. The Morgan fingerprint density at radius 2 is 2.05 bits per heavy atom. The first-order valence-corrected chi connectivity index (χ1v) is 7.48. The van der Waals surface area contributed by atoms with E-state index < -0.39 is 0 Å². The maximum absolute atomic E-state index is 12.0. The molecule has 1 aliphatic carbocycles. The van der Waals surface area contributed by atoms with E-state index in [1.807, 2.05) is 6.92 Å². The molecular weight excluding hydrogens is 240 g/mol. The molecule has 1 fully saturated rings. The summed E-state index contributed by atoms with van der Waals surface area (Å²) in [6, 6.07) is 0. The standard InChI is InChI=1S/C16H28O3/c1-12(17)7-6-10-19-15(18)13(2)14-8-5-9-16(3,4)11-14/h13-14H,5-11H2,1-4H3. The molecule has 19 heavy (non-hydrogen) atoms. The van der Waals surface area contributed by atoms with E-state index in [4.69, 9.17) is 4.74 Å².